The van der Waals surface area contributed by atoms with Gasteiger partial charge in [-0.3, -0.25) is 24.0 Å². The van der Waals surface area contributed by atoms with Crippen molar-refractivity contribution in [2.45, 2.75) is 45.1 Å². The Labute approximate surface area is 179 Å². The van der Waals surface area contributed by atoms with E-state index in [9.17, 15) is 14.4 Å². The number of pyridine rings is 1. The van der Waals surface area contributed by atoms with Gasteiger partial charge in [-0.1, -0.05) is 19.3 Å². The Morgan fingerprint density at radius 2 is 1.81 bits per heavy atom. The molecule has 8 heteroatoms. The third-order valence-electron chi connectivity index (χ3n) is 6.24. The molecule has 31 heavy (non-hydrogen) atoms. The number of benzene rings is 1. The van der Waals surface area contributed by atoms with Crippen molar-refractivity contribution >= 4 is 34.4 Å². The molecule has 0 spiro atoms. The van der Waals surface area contributed by atoms with Crippen molar-refractivity contribution in [3.63, 3.8) is 0 Å². The van der Waals surface area contributed by atoms with Crippen molar-refractivity contribution in [1.29, 1.82) is 0 Å². The van der Waals surface area contributed by atoms with Gasteiger partial charge in [-0.05, 0) is 44.0 Å². The molecule has 1 fully saturated rings. The van der Waals surface area contributed by atoms with Gasteiger partial charge in [0.05, 0.1) is 28.7 Å². The molecule has 1 aliphatic carbocycles. The molecule has 3 heterocycles. The molecule has 5 rings (SSSR count). The van der Waals surface area contributed by atoms with Crippen LogP contribution >= 0.6 is 0 Å². The summed E-state index contributed by atoms with van der Waals surface area (Å²) >= 11 is 0. The molecule has 0 saturated heterocycles. The van der Waals surface area contributed by atoms with Crippen LogP contribution in [-0.4, -0.2) is 43.4 Å². The number of carbonyl (C=O) groups is 3. The number of hydrogen-bond acceptors (Lipinski definition) is 5. The number of nitrogens with one attached hydrogen (secondary N) is 1. The number of fused-ring (bicyclic) bond motifs is 2. The summed E-state index contributed by atoms with van der Waals surface area (Å²) < 4.78 is 1.69. The first kappa shape index (κ1) is 19.4. The summed E-state index contributed by atoms with van der Waals surface area (Å²) in [5.74, 6) is -0.905. The van der Waals surface area contributed by atoms with Crippen LogP contribution in [-0.2, 0) is 7.05 Å². The molecule has 1 N–H and O–H groups in total. The summed E-state index contributed by atoms with van der Waals surface area (Å²) in [6, 6.07) is 6.48. The molecule has 0 atom stereocenters. The third kappa shape index (κ3) is 3.19. The Balaban J connectivity index is 1.40. The van der Waals surface area contributed by atoms with Crippen LogP contribution in [0.4, 0.5) is 5.69 Å². The largest absolute Gasteiger partial charge is 0.321 e. The fraction of sp³-hybridized carbons (Fsp3) is 0.348. The highest BCUT2D eigenvalue weighted by Gasteiger charge is 2.40. The van der Waals surface area contributed by atoms with E-state index in [4.69, 9.17) is 0 Å². The van der Waals surface area contributed by atoms with E-state index >= 15 is 0 Å². The van der Waals surface area contributed by atoms with E-state index in [2.05, 4.69) is 15.4 Å². The van der Waals surface area contributed by atoms with Crippen LogP contribution < -0.4 is 5.32 Å². The molecule has 2 aliphatic rings. The monoisotopic (exact) mass is 417 g/mol. The van der Waals surface area contributed by atoms with Crippen molar-refractivity contribution in [3.05, 3.63) is 52.8 Å². The van der Waals surface area contributed by atoms with E-state index in [1.165, 1.54) is 11.0 Å². The molecule has 3 amide bonds. The number of imide groups is 1. The minimum atomic E-state index is -0.359. The van der Waals surface area contributed by atoms with Gasteiger partial charge in [0.1, 0.15) is 0 Å². The van der Waals surface area contributed by atoms with Crippen molar-refractivity contribution in [2.24, 2.45) is 7.05 Å². The van der Waals surface area contributed by atoms with Crippen molar-refractivity contribution in [2.75, 3.05) is 5.32 Å². The number of anilines is 1. The lowest BCUT2D eigenvalue weighted by atomic mass is 9.94. The van der Waals surface area contributed by atoms with E-state index < -0.39 is 0 Å². The molecular weight excluding hydrogens is 394 g/mol. The summed E-state index contributed by atoms with van der Waals surface area (Å²) in [4.78, 5) is 44.4. The average molecular weight is 417 g/mol. The van der Waals surface area contributed by atoms with Gasteiger partial charge >= 0.3 is 0 Å². The summed E-state index contributed by atoms with van der Waals surface area (Å²) in [6.45, 7) is 1.89. The second-order valence-corrected chi connectivity index (χ2v) is 8.29. The maximum atomic E-state index is 13.0. The Morgan fingerprint density at radius 1 is 1.06 bits per heavy atom. The van der Waals surface area contributed by atoms with Gasteiger partial charge in [0.25, 0.3) is 17.7 Å². The Morgan fingerprint density at radius 3 is 2.58 bits per heavy atom. The van der Waals surface area contributed by atoms with Crippen LogP contribution in [0.25, 0.3) is 11.0 Å². The number of carbonyl (C=O) groups excluding carboxylic acids is 3. The average Bonchev–Trinajstić information content (AvgIpc) is 3.20. The van der Waals surface area contributed by atoms with E-state index in [0.29, 0.717) is 22.4 Å². The first-order valence-electron chi connectivity index (χ1n) is 10.6. The zero-order chi connectivity index (χ0) is 21.7. The van der Waals surface area contributed by atoms with Gasteiger partial charge in [0, 0.05) is 24.0 Å². The molecule has 3 aromatic rings. The minimum absolute atomic E-state index is 0.0426. The van der Waals surface area contributed by atoms with Crippen LogP contribution in [0.5, 0.6) is 0 Å². The lowest BCUT2D eigenvalue weighted by molar-refractivity contribution is 0.0549. The topological polar surface area (TPSA) is 97.2 Å². The van der Waals surface area contributed by atoms with Gasteiger partial charge in [0.2, 0.25) is 0 Å². The van der Waals surface area contributed by atoms with E-state index in [-0.39, 0.29) is 23.8 Å². The second kappa shape index (κ2) is 7.30. The summed E-state index contributed by atoms with van der Waals surface area (Å²) in [6.07, 6.45) is 6.47. The summed E-state index contributed by atoms with van der Waals surface area (Å²) in [5, 5.41) is 8.03. The van der Waals surface area contributed by atoms with Crippen LogP contribution in [0.2, 0.25) is 0 Å². The summed E-state index contributed by atoms with van der Waals surface area (Å²) in [5.41, 5.74) is 3.11. The fourth-order valence-electron chi connectivity index (χ4n) is 4.65. The number of nitrogens with zero attached hydrogens (tertiary/aromatic N) is 4. The Kier molecular flexibility index (Phi) is 4.57. The molecule has 0 radical (unpaired) electrons. The molecule has 8 nitrogen and oxygen atoms in total. The predicted molar refractivity (Wildman–Crippen MR) is 115 cm³/mol. The molecule has 0 bridgehead atoms. The van der Waals surface area contributed by atoms with Crippen LogP contribution in [0, 0.1) is 6.92 Å². The third-order valence-corrected chi connectivity index (χ3v) is 6.24. The van der Waals surface area contributed by atoms with E-state index in [1.807, 2.05) is 20.0 Å². The number of rotatable bonds is 3. The molecule has 2 aromatic heterocycles. The quantitative estimate of drug-likeness (QED) is 0.658. The van der Waals surface area contributed by atoms with Crippen LogP contribution in [0.1, 0.15) is 68.9 Å². The molecule has 1 aromatic carbocycles. The zero-order valence-corrected chi connectivity index (χ0v) is 17.5. The van der Waals surface area contributed by atoms with Gasteiger partial charge in [0.15, 0.2) is 5.65 Å². The maximum Gasteiger partial charge on any atom is 0.261 e. The summed E-state index contributed by atoms with van der Waals surface area (Å²) in [7, 11) is 1.82. The smallest absolute Gasteiger partial charge is 0.261 e. The van der Waals surface area contributed by atoms with E-state index in [0.717, 1.165) is 48.8 Å². The molecule has 1 aliphatic heterocycles. The Hall–Kier alpha value is -3.55. The van der Waals surface area contributed by atoms with E-state index in [1.54, 1.807) is 23.0 Å². The zero-order valence-electron chi connectivity index (χ0n) is 17.5. The number of aryl methyl sites for hydroxylation is 2. The van der Waals surface area contributed by atoms with Crippen molar-refractivity contribution < 1.29 is 14.4 Å². The van der Waals surface area contributed by atoms with Crippen LogP contribution in [0.15, 0.2) is 30.5 Å². The van der Waals surface area contributed by atoms with Crippen molar-refractivity contribution in [1.82, 2.24) is 19.7 Å². The van der Waals surface area contributed by atoms with Gasteiger partial charge in [-0.15, -0.1) is 0 Å². The van der Waals surface area contributed by atoms with Crippen molar-refractivity contribution in [3.8, 4) is 0 Å². The number of aromatic nitrogens is 3. The number of amides is 3. The molecule has 1 saturated carbocycles. The standard InChI is InChI=1S/C23H23N5O3/c1-13-18-11-15(12-24-20(18)27(2)26-13)25-21(29)14-8-9-17-19(10-14)23(31)28(22(17)30)16-6-4-3-5-7-16/h8-12,16H,3-7H2,1-2H3,(H,25,29). The lowest BCUT2D eigenvalue weighted by Crippen LogP contribution is -2.40. The van der Waals surface area contributed by atoms with Gasteiger partial charge in [-0.2, -0.15) is 5.10 Å². The fourth-order valence-corrected chi connectivity index (χ4v) is 4.65. The minimum Gasteiger partial charge on any atom is -0.321 e. The highest BCUT2D eigenvalue weighted by atomic mass is 16.2. The predicted octanol–water partition coefficient (Wildman–Crippen LogP) is 3.46. The van der Waals surface area contributed by atoms with Gasteiger partial charge in [-0.25, -0.2) is 4.98 Å². The SMILES string of the molecule is Cc1nn(C)c2ncc(NC(=O)c3ccc4c(c3)C(=O)N(C3CCCCC3)C4=O)cc12. The Bertz CT molecular complexity index is 1240. The first-order valence-corrected chi connectivity index (χ1v) is 10.6. The molecule has 158 valence electrons. The molecule has 0 unspecified atom stereocenters. The highest BCUT2D eigenvalue weighted by molar-refractivity contribution is 6.22. The normalized spacial score (nSPS) is 16.8. The maximum absolute atomic E-state index is 13.0. The highest BCUT2D eigenvalue weighted by Crippen LogP contribution is 2.31. The lowest BCUT2D eigenvalue weighted by Gasteiger charge is -2.29. The first-order chi connectivity index (χ1) is 14.9. The molecular formula is C23H23N5O3. The van der Waals surface area contributed by atoms with Gasteiger partial charge < -0.3 is 5.32 Å². The van der Waals surface area contributed by atoms with Crippen LogP contribution in [0.3, 0.4) is 0 Å². The number of hydrogen-bond donors (Lipinski definition) is 1. The second-order valence-electron chi connectivity index (χ2n) is 8.29.